The molecule has 1 nitrogen and oxygen atoms in total. The number of halogens is 2. The molecular weight excluding hydrogens is 210 g/mol. The standard InChI is InChI=1S/C13H12F2O/c14-11-5-9(6-12(15)8-11)7-13(16)10-3-1-2-4-10/h3,5-6,8H,1-2,4,7H2. The first-order chi connectivity index (χ1) is 7.65. The summed E-state index contributed by atoms with van der Waals surface area (Å²) in [5.41, 5.74) is 1.19. The SMILES string of the molecule is O=C(Cc1cc(F)cc(F)c1)C1=CCCC1. The highest BCUT2D eigenvalue weighted by Gasteiger charge is 2.14. The molecule has 1 aliphatic rings. The molecule has 0 atom stereocenters. The van der Waals surface area contributed by atoms with Crippen LogP contribution in [0, 0.1) is 11.6 Å². The lowest BCUT2D eigenvalue weighted by atomic mass is 10.0. The van der Waals surface area contributed by atoms with E-state index in [9.17, 15) is 13.6 Å². The van der Waals surface area contributed by atoms with Gasteiger partial charge in [-0.2, -0.15) is 0 Å². The smallest absolute Gasteiger partial charge is 0.162 e. The van der Waals surface area contributed by atoms with Crippen molar-refractivity contribution in [1.82, 2.24) is 0 Å². The van der Waals surface area contributed by atoms with E-state index in [1.807, 2.05) is 6.08 Å². The molecule has 0 aromatic heterocycles. The number of carbonyl (C=O) groups excluding carboxylic acids is 1. The lowest BCUT2D eigenvalue weighted by molar-refractivity contribution is -0.115. The van der Waals surface area contributed by atoms with Crippen molar-refractivity contribution in [2.45, 2.75) is 25.7 Å². The molecule has 1 aliphatic carbocycles. The van der Waals surface area contributed by atoms with Crippen molar-refractivity contribution in [3.63, 3.8) is 0 Å². The van der Waals surface area contributed by atoms with Gasteiger partial charge in [0.05, 0.1) is 0 Å². The highest BCUT2D eigenvalue weighted by molar-refractivity contribution is 5.97. The lowest BCUT2D eigenvalue weighted by Crippen LogP contribution is -2.05. The molecule has 0 heterocycles. The molecule has 16 heavy (non-hydrogen) atoms. The molecule has 1 aromatic carbocycles. The Morgan fingerprint density at radius 1 is 1.19 bits per heavy atom. The van der Waals surface area contributed by atoms with E-state index in [1.54, 1.807) is 0 Å². The zero-order valence-corrected chi connectivity index (χ0v) is 8.80. The van der Waals surface area contributed by atoms with Gasteiger partial charge in [-0.05, 0) is 42.5 Å². The van der Waals surface area contributed by atoms with Gasteiger partial charge in [0.1, 0.15) is 11.6 Å². The van der Waals surface area contributed by atoms with Gasteiger partial charge in [-0.3, -0.25) is 4.79 Å². The third-order valence-corrected chi connectivity index (χ3v) is 2.69. The Kier molecular flexibility index (Phi) is 3.13. The first-order valence-electron chi connectivity index (χ1n) is 5.32. The van der Waals surface area contributed by atoms with Crippen molar-refractivity contribution >= 4 is 5.78 Å². The van der Waals surface area contributed by atoms with Gasteiger partial charge in [0.2, 0.25) is 0 Å². The molecule has 0 saturated carbocycles. The Bertz CT molecular complexity index is 429. The fourth-order valence-electron chi connectivity index (χ4n) is 1.94. The van der Waals surface area contributed by atoms with Crippen LogP contribution in [-0.4, -0.2) is 5.78 Å². The Hall–Kier alpha value is -1.51. The fourth-order valence-corrected chi connectivity index (χ4v) is 1.94. The molecule has 0 fully saturated rings. The van der Waals surface area contributed by atoms with Gasteiger partial charge in [-0.1, -0.05) is 6.08 Å². The predicted molar refractivity (Wildman–Crippen MR) is 57.0 cm³/mol. The molecule has 0 spiro atoms. The Morgan fingerprint density at radius 3 is 2.44 bits per heavy atom. The van der Waals surface area contributed by atoms with Crippen LogP contribution < -0.4 is 0 Å². The van der Waals surface area contributed by atoms with Gasteiger partial charge in [0.15, 0.2) is 5.78 Å². The lowest BCUT2D eigenvalue weighted by Gasteiger charge is -2.02. The van der Waals surface area contributed by atoms with Crippen LogP contribution in [0.5, 0.6) is 0 Å². The second-order valence-electron chi connectivity index (χ2n) is 4.00. The summed E-state index contributed by atoms with van der Waals surface area (Å²) in [4.78, 5) is 11.7. The maximum Gasteiger partial charge on any atom is 0.162 e. The van der Waals surface area contributed by atoms with Crippen LogP contribution in [0.25, 0.3) is 0 Å². The number of hydrogen-bond donors (Lipinski definition) is 0. The molecular formula is C13H12F2O. The summed E-state index contributed by atoms with van der Waals surface area (Å²) in [6.45, 7) is 0. The van der Waals surface area contributed by atoms with Crippen molar-refractivity contribution in [2.75, 3.05) is 0 Å². The molecule has 0 unspecified atom stereocenters. The molecule has 0 N–H and O–H groups in total. The predicted octanol–water partition coefficient (Wildman–Crippen LogP) is 3.19. The minimum atomic E-state index is -0.636. The van der Waals surface area contributed by atoms with Crippen molar-refractivity contribution < 1.29 is 13.6 Å². The van der Waals surface area contributed by atoms with E-state index in [-0.39, 0.29) is 12.2 Å². The number of ketones is 1. The zero-order valence-electron chi connectivity index (χ0n) is 8.80. The quantitative estimate of drug-likeness (QED) is 0.767. The van der Waals surface area contributed by atoms with E-state index in [2.05, 4.69) is 0 Å². The first-order valence-corrected chi connectivity index (χ1v) is 5.32. The van der Waals surface area contributed by atoms with E-state index in [4.69, 9.17) is 0 Å². The van der Waals surface area contributed by atoms with E-state index < -0.39 is 11.6 Å². The molecule has 0 bridgehead atoms. The Morgan fingerprint density at radius 2 is 1.88 bits per heavy atom. The van der Waals surface area contributed by atoms with Crippen LogP contribution in [-0.2, 0) is 11.2 Å². The molecule has 0 radical (unpaired) electrons. The highest BCUT2D eigenvalue weighted by Crippen LogP contribution is 2.20. The number of Topliss-reactive ketones (excluding diaryl/α,β-unsaturated/α-hetero) is 1. The van der Waals surface area contributed by atoms with Crippen LogP contribution in [0.1, 0.15) is 24.8 Å². The van der Waals surface area contributed by atoms with Crippen LogP contribution in [0.2, 0.25) is 0 Å². The van der Waals surface area contributed by atoms with Crippen LogP contribution >= 0.6 is 0 Å². The Labute approximate surface area is 92.8 Å². The van der Waals surface area contributed by atoms with Crippen molar-refractivity contribution in [2.24, 2.45) is 0 Å². The summed E-state index contributed by atoms with van der Waals surface area (Å²) in [7, 11) is 0. The number of benzene rings is 1. The van der Waals surface area contributed by atoms with Crippen LogP contribution in [0.3, 0.4) is 0 Å². The average Bonchev–Trinajstić information content (AvgIpc) is 2.68. The van der Waals surface area contributed by atoms with E-state index >= 15 is 0 Å². The van der Waals surface area contributed by atoms with Gasteiger partial charge in [-0.15, -0.1) is 0 Å². The molecule has 3 heteroatoms. The van der Waals surface area contributed by atoms with Gasteiger partial charge >= 0.3 is 0 Å². The van der Waals surface area contributed by atoms with Gasteiger partial charge in [0, 0.05) is 12.5 Å². The monoisotopic (exact) mass is 222 g/mol. The molecule has 0 amide bonds. The minimum Gasteiger partial charge on any atom is -0.294 e. The third kappa shape index (κ3) is 2.54. The number of hydrogen-bond acceptors (Lipinski definition) is 1. The van der Waals surface area contributed by atoms with Crippen LogP contribution in [0.4, 0.5) is 8.78 Å². The maximum atomic E-state index is 12.9. The average molecular weight is 222 g/mol. The molecule has 1 aromatic rings. The molecule has 0 aliphatic heterocycles. The van der Waals surface area contributed by atoms with E-state index in [0.717, 1.165) is 30.9 Å². The largest absolute Gasteiger partial charge is 0.294 e. The third-order valence-electron chi connectivity index (χ3n) is 2.69. The van der Waals surface area contributed by atoms with Crippen molar-refractivity contribution in [1.29, 1.82) is 0 Å². The molecule has 84 valence electrons. The van der Waals surface area contributed by atoms with Gasteiger partial charge in [-0.25, -0.2) is 8.78 Å². The maximum absolute atomic E-state index is 12.9. The second-order valence-corrected chi connectivity index (χ2v) is 4.00. The molecule has 0 saturated heterocycles. The number of rotatable bonds is 3. The highest BCUT2D eigenvalue weighted by atomic mass is 19.1. The van der Waals surface area contributed by atoms with Crippen molar-refractivity contribution in [3.05, 3.63) is 47.0 Å². The summed E-state index contributed by atoms with van der Waals surface area (Å²) in [6.07, 6.45) is 4.71. The summed E-state index contributed by atoms with van der Waals surface area (Å²) in [5.74, 6) is -1.30. The summed E-state index contributed by atoms with van der Waals surface area (Å²) in [5, 5.41) is 0. The molecule has 2 rings (SSSR count). The Balaban J connectivity index is 2.11. The summed E-state index contributed by atoms with van der Waals surface area (Å²) in [6, 6.07) is 3.22. The topological polar surface area (TPSA) is 17.1 Å². The van der Waals surface area contributed by atoms with E-state index in [0.29, 0.717) is 5.56 Å². The summed E-state index contributed by atoms with van der Waals surface area (Å²) < 4.78 is 25.8. The summed E-state index contributed by atoms with van der Waals surface area (Å²) >= 11 is 0. The minimum absolute atomic E-state index is 0.0255. The van der Waals surface area contributed by atoms with Gasteiger partial charge < -0.3 is 0 Å². The first kappa shape index (κ1) is 11.0. The number of allylic oxidation sites excluding steroid dienone is 2. The van der Waals surface area contributed by atoms with Crippen molar-refractivity contribution in [3.8, 4) is 0 Å². The van der Waals surface area contributed by atoms with Crippen LogP contribution in [0.15, 0.2) is 29.8 Å². The fraction of sp³-hybridized carbons (Fsp3) is 0.308. The van der Waals surface area contributed by atoms with Gasteiger partial charge in [0.25, 0.3) is 0 Å². The second kappa shape index (κ2) is 4.56. The number of carbonyl (C=O) groups is 1. The van der Waals surface area contributed by atoms with E-state index in [1.165, 1.54) is 12.1 Å². The zero-order chi connectivity index (χ0) is 11.5. The normalized spacial score (nSPS) is 15.0.